The molecule has 132 valence electrons. The lowest BCUT2D eigenvalue weighted by Crippen LogP contribution is -2.46. The largest absolute Gasteiger partial charge is 0.457 e. The predicted octanol–water partition coefficient (Wildman–Crippen LogP) is 3.13. The minimum Gasteiger partial charge on any atom is -0.457 e. The zero-order valence-corrected chi connectivity index (χ0v) is 14.2. The van der Waals surface area contributed by atoms with E-state index in [0.29, 0.717) is 23.5 Å². The van der Waals surface area contributed by atoms with Gasteiger partial charge in [0, 0.05) is 5.56 Å². The Morgan fingerprint density at radius 3 is 2.36 bits per heavy atom. The van der Waals surface area contributed by atoms with Crippen molar-refractivity contribution in [1.29, 1.82) is 0 Å². The standard InChI is InChI=1S/C19H22N2O4/c1-13(2)11-17(19(23)21-24)20-18(22)14-7-6-10-16(12-14)25-15-8-4-3-5-9-15/h3-10,12-13,17,24H,11H2,1-2H3,(H,20,22)(H,21,23)/t17-/m1/s1. The van der Waals surface area contributed by atoms with Crippen molar-refractivity contribution in [2.24, 2.45) is 5.92 Å². The number of carbonyl (C=O) groups excluding carboxylic acids is 2. The molecule has 2 rings (SSSR count). The first-order chi connectivity index (χ1) is 12.0. The van der Waals surface area contributed by atoms with Gasteiger partial charge in [0.15, 0.2) is 0 Å². The van der Waals surface area contributed by atoms with Crippen LogP contribution in [0.15, 0.2) is 54.6 Å². The second-order valence-corrected chi connectivity index (χ2v) is 6.07. The number of para-hydroxylation sites is 1. The van der Waals surface area contributed by atoms with E-state index in [1.165, 1.54) is 0 Å². The third kappa shape index (κ3) is 5.61. The van der Waals surface area contributed by atoms with Crippen LogP contribution in [0.1, 0.15) is 30.6 Å². The van der Waals surface area contributed by atoms with Crippen molar-refractivity contribution < 1.29 is 19.5 Å². The molecule has 25 heavy (non-hydrogen) atoms. The smallest absolute Gasteiger partial charge is 0.265 e. The molecule has 6 heteroatoms. The van der Waals surface area contributed by atoms with Gasteiger partial charge >= 0.3 is 0 Å². The average Bonchev–Trinajstić information content (AvgIpc) is 2.61. The van der Waals surface area contributed by atoms with E-state index in [1.807, 2.05) is 44.2 Å². The highest BCUT2D eigenvalue weighted by Crippen LogP contribution is 2.22. The third-order valence-corrected chi connectivity index (χ3v) is 3.51. The number of nitrogens with one attached hydrogen (secondary N) is 2. The Morgan fingerprint density at radius 2 is 1.72 bits per heavy atom. The van der Waals surface area contributed by atoms with Gasteiger partial charge in [-0.25, -0.2) is 5.48 Å². The predicted molar refractivity (Wildman–Crippen MR) is 93.6 cm³/mol. The maximum absolute atomic E-state index is 12.4. The van der Waals surface area contributed by atoms with E-state index in [1.54, 1.807) is 29.7 Å². The fourth-order valence-corrected chi connectivity index (χ4v) is 2.35. The summed E-state index contributed by atoms with van der Waals surface area (Å²) in [4.78, 5) is 24.2. The van der Waals surface area contributed by atoms with E-state index in [4.69, 9.17) is 9.94 Å². The van der Waals surface area contributed by atoms with Gasteiger partial charge < -0.3 is 10.1 Å². The minimum atomic E-state index is -0.809. The first-order valence-electron chi connectivity index (χ1n) is 8.07. The highest BCUT2D eigenvalue weighted by Gasteiger charge is 2.22. The summed E-state index contributed by atoms with van der Waals surface area (Å²) in [5.41, 5.74) is 1.96. The molecule has 0 unspecified atom stereocenters. The van der Waals surface area contributed by atoms with Crippen LogP contribution in [0.25, 0.3) is 0 Å². The molecule has 0 saturated carbocycles. The molecule has 1 atom stereocenters. The van der Waals surface area contributed by atoms with Crippen molar-refractivity contribution in [1.82, 2.24) is 10.8 Å². The van der Waals surface area contributed by atoms with Crippen molar-refractivity contribution in [3.8, 4) is 11.5 Å². The van der Waals surface area contributed by atoms with E-state index in [0.717, 1.165) is 0 Å². The molecule has 0 radical (unpaired) electrons. The summed E-state index contributed by atoms with van der Waals surface area (Å²) in [5.74, 6) is 0.310. The van der Waals surface area contributed by atoms with Crippen LogP contribution in [-0.2, 0) is 4.79 Å². The molecular formula is C19H22N2O4. The van der Waals surface area contributed by atoms with Gasteiger partial charge in [0.25, 0.3) is 11.8 Å². The Balaban J connectivity index is 2.10. The Morgan fingerprint density at radius 1 is 1.04 bits per heavy atom. The van der Waals surface area contributed by atoms with Crippen molar-refractivity contribution in [2.45, 2.75) is 26.3 Å². The van der Waals surface area contributed by atoms with Gasteiger partial charge in [-0.1, -0.05) is 38.1 Å². The van der Waals surface area contributed by atoms with Crippen LogP contribution in [-0.4, -0.2) is 23.1 Å². The molecule has 0 aliphatic carbocycles. The molecule has 0 saturated heterocycles. The zero-order chi connectivity index (χ0) is 18.2. The molecule has 0 heterocycles. The van der Waals surface area contributed by atoms with Gasteiger partial charge in [0.2, 0.25) is 0 Å². The van der Waals surface area contributed by atoms with E-state index < -0.39 is 17.9 Å². The molecule has 2 aromatic rings. The highest BCUT2D eigenvalue weighted by molar-refractivity contribution is 5.97. The maximum Gasteiger partial charge on any atom is 0.265 e. The first-order valence-corrected chi connectivity index (χ1v) is 8.07. The lowest BCUT2D eigenvalue weighted by Gasteiger charge is -2.18. The molecule has 2 amide bonds. The number of rotatable bonds is 7. The van der Waals surface area contributed by atoms with E-state index in [9.17, 15) is 9.59 Å². The Hall–Kier alpha value is -2.86. The number of hydrogen-bond acceptors (Lipinski definition) is 4. The van der Waals surface area contributed by atoms with Crippen LogP contribution in [0.3, 0.4) is 0 Å². The normalized spacial score (nSPS) is 11.7. The number of carbonyl (C=O) groups is 2. The Labute approximate surface area is 146 Å². The second kappa shape index (κ2) is 8.84. The van der Waals surface area contributed by atoms with Crippen molar-refractivity contribution >= 4 is 11.8 Å². The topological polar surface area (TPSA) is 87.7 Å². The second-order valence-electron chi connectivity index (χ2n) is 6.07. The van der Waals surface area contributed by atoms with Crippen molar-refractivity contribution in [3.63, 3.8) is 0 Å². The number of hydrogen-bond donors (Lipinski definition) is 3. The monoisotopic (exact) mass is 342 g/mol. The molecule has 6 nitrogen and oxygen atoms in total. The Kier molecular flexibility index (Phi) is 6.54. The lowest BCUT2D eigenvalue weighted by molar-refractivity contribution is -0.131. The van der Waals surface area contributed by atoms with Crippen LogP contribution in [0.2, 0.25) is 0 Å². The number of benzene rings is 2. The molecule has 3 N–H and O–H groups in total. The highest BCUT2D eigenvalue weighted by atomic mass is 16.5. The molecule has 0 aromatic heterocycles. The number of amides is 2. The molecular weight excluding hydrogens is 320 g/mol. The van der Waals surface area contributed by atoms with Crippen LogP contribution in [0.5, 0.6) is 11.5 Å². The number of ether oxygens (including phenoxy) is 1. The van der Waals surface area contributed by atoms with Gasteiger partial charge in [-0.15, -0.1) is 0 Å². The minimum absolute atomic E-state index is 0.176. The summed E-state index contributed by atoms with van der Waals surface area (Å²) in [7, 11) is 0. The average molecular weight is 342 g/mol. The summed E-state index contributed by atoms with van der Waals surface area (Å²) in [6.07, 6.45) is 0.415. The molecule has 2 aromatic carbocycles. The fraction of sp³-hybridized carbons (Fsp3) is 0.263. The van der Waals surface area contributed by atoms with Gasteiger partial charge in [0.05, 0.1) is 0 Å². The van der Waals surface area contributed by atoms with E-state index >= 15 is 0 Å². The van der Waals surface area contributed by atoms with Crippen LogP contribution in [0.4, 0.5) is 0 Å². The SMILES string of the molecule is CC(C)C[C@@H](NC(=O)c1cccc(Oc2ccccc2)c1)C(=O)NO. The first kappa shape index (κ1) is 18.5. The van der Waals surface area contributed by atoms with Crippen molar-refractivity contribution in [3.05, 3.63) is 60.2 Å². The third-order valence-electron chi connectivity index (χ3n) is 3.51. The summed E-state index contributed by atoms with van der Waals surface area (Å²) < 4.78 is 5.71. The lowest BCUT2D eigenvalue weighted by atomic mass is 10.0. The quantitative estimate of drug-likeness (QED) is 0.533. The fourth-order valence-electron chi connectivity index (χ4n) is 2.35. The van der Waals surface area contributed by atoms with E-state index in [-0.39, 0.29) is 5.92 Å². The van der Waals surface area contributed by atoms with Gasteiger partial charge in [-0.05, 0) is 42.7 Å². The zero-order valence-electron chi connectivity index (χ0n) is 14.2. The summed E-state index contributed by atoms with van der Waals surface area (Å²) in [6.45, 7) is 3.86. The molecule has 0 spiro atoms. The van der Waals surface area contributed by atoms with Gasteiger partial charge in [-0.3, -0.25) is 14.8 Å². The number of hydroxylamine groups is 1. The van der Waals surface area contributed by atoms with E-state index in [2.05, 4.69) is 5.32 Å². The maximum atomic E-state index is 12.4. The summed E-state index contributed by atoms with van der Waals surface area (Å²) in [5, 5.41) is 11.5. The van der Waals surface area contributed by atoms with Crippen molar-refractivity contribution in [2.75, 3.05) is 0 Å². The van der Waals surface area contributed by atoms with Gasteiger partial charge in [-0.2, -0.15) is 0 Å². The Bertz CT molecular complexity index is 716. The molecule has 0 aliphatic heterocycles. The van der Waals surface area contributed by atoms with Crippen LogP contribution >= 0.6 is 0 Å². The molecule has 0 bridgehead atoms. The molecule has 0 aliphatic rings. The molecule has 0 fully saturated rings. The summed E-state index contributed by atoms with van der Waals surface area (Å²) in [6, 6.07) is 15.1. The summed E-state index contributed by atoms with van der Waals surface area (Å²) >= 11 is 0. The van der Waals surface area contributed by atoms with Crippen LogP contribution in [0, 0.1) is 5.92 Å². The van der Waals surface area contributed by atoms with Crippen LogP contribution < -0.4 is 15.5 Å². The van der Waals surface area contributed by atoms with Gasteiger partial charge in [0.1, 0.15) is 17.5 Å².